The van der Waals surface area contributed by atoms with Gasteiger partial charge in [-0.1, -0.05) is 13.0 Å². The standard InChI is InChI=1S/C14H15NO3S2/c1-3-11-7-8-13(19-11)20(17,18)12-6-4-5-10(9-12)14(16)15-2/h4-9H,3H2,1-2H3,(H,15,16). The summed E-state index contributed by atoms with van der Waals surface area (Å²) in [6.07, 6.45) is 0.804. The molecule has 6 heteroatoms. The number of nitrogens with one attached hydrogen (secondary N) is 1. The van der Waals surface area contributed by atoms with E-state index < -0.39 is 9.84 Å². The van der Waals surface area contributed by atoms with Crippen molar-refractivity contribution in [1.82, 2.24) is 5.32 Å². The zero-order valence-electron chi connectivity index (χ0n) is 11.2. The molecule has 0 spiro atoms. The molecule has 1 N–H and O–H groups in total. The van der Waals surface area contributed by atoms with Crippen LogP contribution >= 0.6 is 11.3 Å². The molecule has 4 nitrogen and oxygen atoms in total. The molecule has 0 atom stereocenters. The van der Waals surface area contributed by atoms with Gasteiger partial charge in [-0.05, 0) is 36.8 Å². The fourth-order valence-corrected chi connectivity index (χ4v) is 4.50. The van der Waals surface area contributed by atoms with Crippen LogP contribution in [0.5, 0.6) is 0 Å². The van der Waals surface area contributed by atoms with E-state index in [1.165, 1.54) is 30.5 Å². The average molecular weight is 309 g/mol. The second-order valence-corrected chi connectivity index (χ2v) is 7.53. The average Bonchev–Trinajstić information content (AvgIpc) is 2.96. The molecule has 20 heavy (non-hydrogen) atoms. The summed E-state index contributed by atoms with van der Waals surface area (Å²) in [5.41, 5.74) is 0.334. The number of hydrogen-bond acceptors (Lipinski definition) is 4. The van der Waals surface area contributed by atoms with Crippen molar-refractivity contribution in [3.05, 3.63) is 46.8 Å². The van der Waals surface area contributed by atoms with E-state index in [-0.39, 0.29) is 10.8 Å². The molecule has 0 aliphatic rings. The van der Waals surface area contributed by atoms with Crippen molar-refractivity contribution < 1.29 is 13.2 Å². The van der Waals surface area contributed by atoms with E-state index in [1.54, 1.807) is 18.2 Å². The van der Waals surface area contributed by atoms with E-state index in [0.29, 0.717) is 9.77 Å². The number of thiophene rings is 1. The SMILES string of the molecule is CCc1ccc(S(=O)(=O)c2cccc(C(=O)NC)c2)s1. The van der Waals surface area contributed by atoms with Gasteiger partial charge in [0.1, 0.15) is 4.21 Å². The van der Waals surface area contributed by atoms with Gasteiger partial charge in [0.15, 0.2) is 0 Å². The third kappa shape index (κ3) is 2.76. The maximum Gasteiger partial charge on any atom is 0.251 e. The fraction of sp³-hybridized carbons (Fsp3) is 0.214. The maximum atomic E-state index is 12.5. The van der Waals surface area contributed by atoms with Crippen molar-refractivity contribution in [3.8, 4) is 0 Å². The van der Waals surface area contributed by atoms with Gasteiger partial charge in [-0.3, -0.25) is 4.79 Å². The lowest BCUT2D eigenvalue weighted by Gasteiger charge is -2.04. The fourth-order valence-electron chi connectivity index (χ4n) is 1.76. The van der Waals surface area contributed by atoms with Crippen molar-refractivity contribution in [3.63, 3.8) is 0 Å². The Hall–Kier alpha value is -1.66. The van der Waals surface area contributed by atoms with E-state index in [2.05, 4.69) is 5.32 Å². The van der Waals surface area contributed by atoms with Gasteiger partial charge in [0.2, 0.25) is 9.84 Å². The number of aryl methyl sites for hydroxylation is 1. The Morgan fingerprint density at radius 3 is 2.60 bits per heavy atom. The minimum Gasteiger partial charge on any atom is -0.355 e. The molecule has 106 valence electrons. The van der Waals surface area contributed by atoms with Gasteiger partial charge in [0.25, 0.3) is 5.91 Å². The van der Waals surface area contributed by atoms with Crippen LogP contribution in [0.1, 0.15) is 22.2 Å². The lowest BCUT2D eigenvalue weighted by Crippen LogP contribution is -2.18. The molecule has 0 fully saturated rings. The van der Waals surface area contributed by atoms with Gasteiger partial charge < -0.3 is 5.32 Å². The summed E-state index contributed by atoms with van der Waals surface area (Å²) in [5, 5.41) is 2.48. The molecule has 1 aromatic carbocycles. The first-order valence-electron chi connectivity index (χ1n) is 6.15. The van der Waals surface area contributed by atoms with Gasteiger partial charge in [-0.25, -0.2) is 8.42 Å². The molecule has 0 bridgehead atoms. The first-order valence-corrected chi connectivity index (χ1v) is 8.45. The van der Waals surface area contributed by atoms with Crippen LogP contribution in [0.2, 0.25) is 0 Å². The first-order chi connectivity index (χ1) is 9.48. The van der Waals surface area contributed by atoms with E-state index in [4.69, 9.17) is 0 Å². The Kier molecular flexibility index (Phi) is 4.25. The lowest BCUT2D eigenvalue weighted by molar-refractivity contribution is 0.0963. The lowest BCUT2D eigenvalue weighted by atomic mass is 10.2. The second-order valence-electron chi connectivity index (χ2n) is 4.18. The van der Waals surface area contributed by atoms with Crippen LogP contribution < -0.4 is 5.32 Å². The minimum absolute atomic E-state index is 0.142. The molecule has 0 aliphatic heterocycles. The predicted molar refractivity (Wildman–Crippen MR) is 79.0 cm³/mol. The first kappa shape index (κ1) is 14.7. The number of carbonyl (C=O) groups excluding carboxylic acids is 1. The van der Waals surface area contributed by atoms with Crippen LogP contribution in [0.3, 0.4) is 0 Å². The Morgan fingerprint density at radius 2 is 2.00 bits per heavy atom. The van der Waals surface area contributed by atoms with Gasteiger partial charge in [-0.15, -0.1) is 11.3 Å². The van der Waals surface area contributed by atoms with E-state index in [0.717, 1.165) is 11.3 Å². The Bertz CT molecular complexity index is 732. The number of benzene rings is 1. The van der Waals surface area contributed by atoms with E-state index in [9.17, 15) is 13.2 Å². The van der Waals surface area contributed by atoms with Crippen LogP contribution in [0.25, 0.3) is 0 Å². The van der Waals surface area contributed by atoms with Crippen molar-refractivity contribution in [2.24, 2.45) is 0 Å². The van der Waals surface area contributed by atoms with Crippen molar-refractivity contribution in [1.29, 1.82) is 0 Å². The van der Waals surface area contributed by atoms with Crippen LogP contribution in [0.4, 0.5) is 0 Å². The molecule has 0 unspecified atom stereocenters. The number of carbonyl (C=O) groups is 1. The van der Waals surface area contributed by atoms with Gasteiger partial charge in [0, 0.05) is 17.5 Å². The van der Waals surface area contributed by atoms with Crippen LogP contribution in [0.15, 0.2) is 45.5 Å². The molecule has 2 rings (SSSR count). The molecule has 2 aromatic rings. The predicted octanol–water partition coefficient (Wildman–Crippen LogP) is 2.50. The topological polar surface area (TPSA) is 63.2 Å². The molecule has 0 radical (unpaired) electrons. The molecular weight excluding hydrogens is 294 g/mol. The zero-order valence-corrected chi connectivity index (χ0v) is 12.8. The Labute approximate surface area is 122 Å². The molecule has 0 aliphatic carbocycles. The molecule has 1 heterocycles. The number of sulfone groups is 1. The second kappa shape index (κ2) is 5.76. The van der Waals surface area contributed by atoms with E-state index in [1.807, 2.05) is 13.0 Å². The number of amides is 1. The van der Waals surface area contributed by atoms with Gasteiger partial charge in [0.05, 0.1) is 4.90 Å². The highest BCUT2D eigenvalue weighted by molar-refractivity contribution is 7.93. The summed E-state index contributed by atoms with van der Waals surface area (Å²) in [7, 11) is -2.04. The smallest absolute Gasteiger partial charge is 0.251 e. The summed E-state index contributed by atoms with van der Waals surface area (Å²) in [4.78, 5) is 12.7. The largest absolute Gasteiger partial charge is 0.355 e. The minimum atomic E-state index is -3.55. The highest BCUT2D eigenvalue weighted by Gasteiger charge is 2.20. The summed E-state index contributed by atoms with van der Waals surface area (Å²) in [5.74, 6) is -0.303. The molecule has 0 saturated heterocycles. The number of rotatable bonds is 4. The number of hydrogen-bond donors (Lipinski definition) is 1. The molecule has 0 saturated carbocycles. The van der Waals surface area contributed by atoms with Crippen LogP contribution in [-0.4, -0.2) is 21.4 Å². The monoisotopic (exact) mass is 309 g/mol. The highest BCUT2D eigenvalue weighted by Crippen LogP contribution is 2.28. The highest BCUT2D eigenvalue weighted by atomic mass is 32.2. The van der Waals surface area contributed by atoms with E-state index >= 15 is 0 Å². The molecule has 1 amide bonds. The van der Waals surface area contributed by atoms with Crippen molar-refractivity contribution in [2.45, 2.75) is 22.4 Å². The van der Waals surface area contributed by atoms with Gasteiger partial charge >= 0.3 is 0 Å². The molecular formula is C14H15NO3S2. The zero-order chi connectivity index (χ0) is 14.8. The third-order valence-electron chi connectivity index (χ3n) is 2.88. The summed E-state index contributed by atoms with van der Waals surface area (Å²) in [6, 6.07) is 9.51. The maximum absolute atomic E-state index is 12.5. The van der Waals surface area contributed by atoms with Crippen molar-refractivity contribution in [2.75, 3.05) is 7.05 Å². The summed E-state index contributed by atoms with van der Waals surface area (Å²) >= 11 is 1.27. The van der Waals surface area contributed by atoms with Gasteiger partial charge in [-0.2, -0.15) is 0 Å². The normalized spacial score (nSPS) is 11.3. The summed E-state index contributed by atoms with van der Waals surface area (Å²) < 4.78 is 25.3. The Balaban J connectivity index is 2.46. The third-order valence-corrected chi connectivity index (χ3v) is 6.36. The quantitative estimate of drug-likeness (QED) is 0.944. The van der Waals surface area contributed by atoms with Crippen LogP contribution in [-0.2, 0) is 16.3 Å². The summed E-state index contributed by atoms with van der Waals surface area (Å²) in [6.45, 7) is 1.98. The Morgan fingerprint density at radius 1 is 1.25 bits per heavy atom. The van der Waals surface area contributed by atoms with Crippen molar-refractivity contribution >= 4 is 27.1 Å². The van der Waals surface area contributed by atoms with Crippen LogP contribution in [0, 0.1) is 0 Å². The molecule has 1 aromatic heterocycles.